The molecule has 144 valence electrons. The van der Waals surface area contributed by atoms with Crippen molar-refractivity contribution in [2.24, 2.45) is 0 Å². The normalized spacial score (nSPS) is 11.1. The molecule has 1 nitrogen and oxygen atoms in total. The molecule has 1 aromatic heterocycles. The van der Waals surface area contributed by atoms with Crippen LogP contribution >= 0.6 is 11.8 Å². The summed E-state index contributed by atoms with van der Waals surface area (Å²) < 4.78 is 2.30. The van der Waals surface area contributed by atoms with Gasteiger partial charge in [-0.3, -0.25) is 0 Å². The zero-order chi connectivity index (χ0) is 18.0. The van der Waals surface area contributed by atoms with Gasteiger partial charge in [-0.05, 0) is 30.4 Å². The Morgan fingerprint density at radius 2 is 1.16 bits per heavy atom. The minimum absolute atomic E-state index is 1.16. The highest BCUT2D eigenvalue weighted by molar-refractivity contribution is 7.99. The molecule has 0 atom stereocenters. The van der Waals surface area contributed by atoms with Crippen molar-refractivity contribution in [3.05, 3.63) is 30.1 Å². The lowest BCUT2D eigenvalue weighted by atomic mass is 10.1. The fourth-order valence-corrected chi connectivity index (χ4v) is 4.12. The second-order valence-electron chi connectivity index (χ2n) is 7.47. The molecular weight excluding hydrogens is 322 g/mol. The van der Waals surface area contributed by atoms with Gasteiger partial charge in [-0.25, -0.2) is 4.57 Å². The smallest absolute Gasteiger partial charge is 0.169 e. The molecule has 0 aromatic carbocycles. The summed E-state index contributed by atoms with van der Waals surface area (Å²) in [5, 5.41) is 0. The molecule has 2 heteroatoms. The summed E-state index contributed by atoms with van der Waals surface area (Å²) in [6, 6.07) is 4.39. The molecule has 0 saturated heterocycles. The van der Waals surface area contributed by atoms with Crippen LogP contribution < -0.4 is 4.57 Å². The van der Waals surface area contributed by atoms with Gasteiger partial charge in [0.25, 0.3) is 0 Å². The molecule has 0 N–H and O–H groups in total. The Bertz CT molecular complexity index is 388. The number of rotatable bonds is 17. The molecule has 0 amide bonds. The van der Waals surface area contributed by atoms with E-state index in [0.29, 0.717) is 0 Å². The van der Waals surface area contributed by atoms with E-state index in [1.54, 1.807) is 0 Å². The summed E-state index contributed by atoms with van der Waals surface area (Å²) in [6.07, 6.45) is 23.1. The van der Waals surface area contributed by atoms with Crippen molar-refractivity contribution in [1.29, 1.82) is 0 Å². The van der Waals surface area contributed by atoms with Gasteiger partial charge >= 0.3 is 0 Å². The number of hydrogen-bond acceptors (Lipinski definition) is 1. The van der Waals surface area contributed by atoms with Crippen LogP contribution in [0.2, 0.25) is 0 Å². The van der Waals surface area contributed by atoms with Gasteiger partial charge in [-0.15, -0.1) is 0 Å². The van der Waals surface area contributed by atoms with Gasteiger partial charge in [0.2, 0.25) is 0 Å². The van der Waals surface area contributed by atoms with Gasteiger partial charge in [0.05, 0.1) is 0 Å². The fraction of sp³-hybridized carbons (Fsp3) is 0.783. The molecule has 0 aliphatic heterocycles. The fourth-order valence-electron chi connectivity index (χ4n) is 3.18. The van der Waals surface area contributed by atoms with Crippen molar-refractivity contribution in [1.82, 2.24) is 0 Å². The maximum absolute atomic E-state index is 2.30. The molecule has 25 heavy (non-hydrogen) atoms. The van der Waals surface area contributed by atoms with Crippen LogP contribution in [-0.2, 0) is 6.54 Å². The quantitative estimate of drug-likeness (QED) is 0.210. The van der Waals surface area contributed by atoms with Gasteiger partial charge in [0.15, 0.2) is 12.4 Å². The molecule has 0 spiro atoms. The molecular formula is C23H42NS+. The van der Waals surface area contributed by atoms with E-state index in [0.717, 1.165) is 6.54 Å². The third kappa shape index (κ3) is 14.4. The minimum atomic E-state index is 1.16. The predicted octanol–water partition coefficient (Wildman–Crippen LogP) is 7.11. The van der Waals surface area contributed by atoms with Crippen molar-refractivity contribution in [3.63, 3.8) is 0 Å². The number of unbranched alkanes of at least 4 members (excludes halogenated alkanes) is 11. The molecule has 1 aromatic rings. The molecule has 0 aliphatic rings. The monoisotopic (exact) mass is 364 g/mol. The minimum Gasteiger partial charge on any atom is -0.205 e. The van der Waals surface area contributed by atoms with Crippen molar-refractivity contribution in [2.45, 2.75) is 104 Å². The van der Waals surface area contributed by atoms with Crippen molar-refractivity contribution in [3.8, 4) is 0 Å². The Kier molecular flexibility index (Phi) is 15.3. The number of thioether (sulfide) groups is 1. The van der Waals surface area contributed by atoms with E-state index in [9.17, 15) is 0 Å². The molecule has 0 saturated carbocycles. The van der Waals surface area contributed by atoms with Crippen LogP contribution in [0.15, 0.2) is 24.5 Å². The van der Waals surface area contributed by atoms with Crippen molar-refractivity contribution in [2.75, 3.05) is 11.5 Å². The summed E-state index contributed by atoms with van der Waals surface area (Å²) in [7, 11) is 0. The zero-order valence-electron chi connectivity index (χ0n) is 17.0. The number of aryl methyl sites for hydroxylation is 2. The summed E-state index contributed by atoms with van der Waals surface area (Å²) in [5.41, 5.74) is 1.34. The largest absolute Gasteiger partial charge is 0.205 e. The van der Waals surface area contributed by atoms with E-state index in [2.05, 4.69) is 54.7 Å². The van der Waals surface area contributed by atoms with Crippen LogP contribution in [-0.4, -0.2) is 11.5 Å². The lowest BCUT2D eigenvalue weighted by molar-refractivity contribution is -0.696. The number of aromatic nitrogens is 1. The lowest BCUT2D eigenvalue weighted by Gasteiger charge is -2.03. The summed E-state index contributed by atoms with van der Waals surface area (Å²) in [6.45, 7) is 5.60. The third-order valence-corrected chi connectivity index (χ3v) is 6.06. The number of pyridine rings is 1. The van der Waals surface area contributed by atoms with E-state index in [1.807, 2.05) is 0 Å². The maximum Gasteiger partial charge on any atom is 0.169 e. The number of hydrogen-bond donors (Lipinski definition) is 0. The van der Waals surface area contributed by atoms with E-state index in [4.69, 9.17) is 0 Å². The Labute approximate surface area is 162 Å². The van der Waals surface area contributed by atoms with Gasteiger partial charge in [0.1, 0.15) is 6.54 Å². The molecule has 1 rings (SSSR count). The zero-order valence-corrected chi connectivity index (χ0v) is 17.8. The second kappa shape index (κ2) is 16.9. The molecule has 1 heterocycles. The SMILES string of the molecule is CCCCCCCCCCCCCCSCCC[n+]1ccc(C)cc1. The molecule has 0 fully saturated rings. The highest BCUT2D eigenvalue weighted by atomic mass is 32.2. The predicted molar refractivity (Wildman–Crippen MR) is 114 cm³/mol. The number of nitrogens with zero attached hydrogens (tertiary/aromatic N) is 1. The van der Waals surface area contributed by atoms with Gasteiger partial charge in [0, 0.05) is 18.6 Å². The van der Waals surface area contributed by atoms with Gasteiger partial charge < -0.3 is 0 Å². The van der Waals surface area contributed by atoms with Crippen molar-refractivity contribution >= 4 is 11.8 Å². The van der Waals surface area contributed by atoms with Gasteiger partial charge in [-0.1, -0.05) is 77.6 Å². The molecule has 0 unspecified atom stereocenters. The summed E-state index contributed by atoms with van der Waals surface area (Å²) >= 11 is 2.14. The topological polar surface area (TPSA) is 3.88 Å². The van der Waals surface area contributed by atoms with E-state index < -0.39 is 0 Å². The first-order valence-electron chi connectivity index (χ1n) is 10.9. The lowest BCUT2D eigenvalue weighted by Crippen LogP contribution is -2.32. The van der Waals surface area contributed by atoms with Gasteiger partial charge in [-0.2, -0.15) is 11.8 Å². The van der Waals surface area contributed by atoms with Crippen LogP contribution in [0.5, 0.6) is 0 Å². The standard InChI is InChI=1S/C23H42NS/c1-3-4-5-6-7-8-9-10-11-12-13-14-21-25-22-15-18-24-19-16-23(2)17-20-24/h16-17,19-20H,3-15,18,21-22H2,1-2H3/q+1. The first-order valence-corrected chi connectivity index (χ1v) is 12.0. The molecule has 0 radical (unpaired) electrons. The Morgan fingerprint density at radius 1 is 0.680 bits per heavy atom. The van der Waals surface area contributed by atoms with Crippen LogP contribution in [0.25, 0.3) is 0 Å². The highest BCUT2D eigenvalue weighted by Crippen LogP contribution is 2.13. The maximum atomic E-state index is 2.30. The Morgan fingerprint density at radius 3 is 1.72 bits per heavy atom. The van der Waals surface area contributed by atoms with Crippen LogP contribution in [0, 0.1) is 6.92 Å². The molecule has 0 bridgehead atoms. The van der Waals surface area contributed by atoms with E-state index >= 15 is 0 Å². The van der Waals surface area contributed by atoms with Crippen LogP contribution in [0.3, 0.4) is 0 Å². The third-order valence-electron chi connectivity index (χ3n) is 4.91. The molecule has 0 aliphatic carbocycles. The average Bonchev–Trinajstić information content (AvgIpc) is 2.63. The first kappa shape index (κ1) is 22.5. The Balaban J connectivity index is 1.74. The van der Waals surface area contributed by atoms with Crippen molar-refractivity contribution < 1.29 is 4.57 Å². The Hall–Kier alpha value is -0.500. The van der Waals surface area contributed by atoms with Crippen LogP contribution in [0.4, 0.5) is 0 Å². The highest BCUT2D eigenvalue weighted by Gasteiger charge is 1.99. The first-order chi connectivity index (χ1) is 12.3. The summed E-state index contributed by atoms with van der Waals surface area (Å²) in [4.78, 5) is 0. The average molecular weight is 365 g/mol. The van der Waals surface area contributed by atoms with E-state index in [1.165, 1.54) is 101 Å². The van der Waals surface area contributed by atoms with E-state index in [-0.39, 0.29) is 0 Å². The van der Waals surface area contributed by atoms with Crippen LogP contribution in [0.1, 0.15) is 96.0 Å². The summed E-state index contributed by atoms with van der Waals surface area (Å²) in [5.74, 6) is 2.66. The second-order valence-corrected chi connectivity index (χ2v) is 8.69.